The molecule has 2 rings (SSSR count). The number of hydrogen-bond acceptors (Lipinski definition) is 5. The van der Waals surface area contributed by atoms with E-state index in [1.165, 1.54) is 19.2 Å². The predicted octanol–water partition coefficient (Wildman–Crippen LogP) is 0.665. The van der Waals surface area contributed by atoms with Crippen LogP contribution in [0.3, 0.4) is 0 Å². The van der Waals surface area contributed by atoms with Crippen molar-refractivity contribution in [3.63, 3.8) is 0 Å². The Labute approximate surface area is 131 Å². The molecule has 1 saturated heterocycles. The van der Waals surface area contributed by atoms with Crippen molar-refractivity contribution in [2.24, 2.45) is 11.7 Å². The summed E-state index contributed by atoms with van der Waals surface area (Å²) in [6.45, 7) is 2.76. The van der Waals surface area contributed by atoms with Crippen LogP contribution < -0.4 is 10.5 Å². The summed E-state index contributed by atoms with van der Waals surface area (Å²) in [4.78, 5) is 14.1. The van der Waals surface area contributed by atoms with Crippen LogP contribution in [-0.4, -0.2) is 51.2 Å². The summed E-state index contributed by atoms with van der Waals surface area (Å²) in [5, 5.41) is 0. The van der Waals surface area contributed by atoms with Crippen molar-refractivity contribution in [1.29, 1.82) is 0 Å². The zero-order valence-corrected chi connectivity index (χ0v) is 13.7. The largest absolute Gasteiger partial charge is 0.497 e. The molecule has 2 N–H and O–H groups in total. The molecular weight excluding hydrogens is 304 g/mol. The number of ether oxygens (including phenoxy) is 1. The summed E-state index contributed by atoms with van der Waals surface area (Å²) < 4.78 is 29.8. The number of carbonyl (C=O) groups is 1. The molecule has 0 aromatic heterocycles. The molecule has 7 heteroatoms. The van der Waals surface area contributed by atoms with Gasteiger partial charge in [-0.3, -0.25) is 4.79 Å². The lowest BCUT2D eigenvalue weighted by atomic mass is 10.2. The third-order valence-electron chi connectivity index (χ3n) is 3.85. The number of carbonyl (C=O) groups excluding carboxylic acids is 1. The van der Waals surface area contributed by atoms with E-state index < -0.39 is 15.8 Å². The maximum Gasteiger partial charge on any atom is 0.226 e. The molecule has 0 saturated carbocycles. The van der Waals surface area contributed by atoms with Crippen LogP contribution in [0.5, 0.6) is 5.75 Å². The number of likely N-dealkylation sites (tertiary alicyclic amines) is 1. The van der Waals surface area contributed by atoms with E-state index in [1.54, 1.807) is 24.0 Å². The lowest BCUT2D eigenvalue weighted by Gasteiger charge is -2.20. The molecule has 1 fully saturated rings. The Morgan fingerprint density at radius 2 is 2.05 bits per heavy atom. The number of benzene rings is 1. The first-order chi connectivity index (χ1) is 10.3. The van der Waals surface area contributed by atoms with Gasteiger partial charge in [0.1, 0.15) is 5.75 Å². The Balaban J connectivity index is 2.05. The predicted molar refractivity (Wildman–Crippen MR) is 83.4 cm³/mol. The topological polar surface area (TPSA) is 89.7 Å². The van der Waals surface area contributed by atoms with E-state index in [4.69, 9.17) is 10.5 Å². The molecule has 1 aliphatic heterocycles. The van der Waals surface area contributed by atoms with Gasteiger partial charge >= 0.3 is 0 Å². The van der Waals surface area contributed by atoms with Crippen molar-refractivity contribution in [3.05, 3.63) is 24.3 Å². The van der Waals surface area contributed by atoms with Crippen LogP contribution in [0.1, 0.15) is 13.3 Å². The SMILES string of the molecule is COc1ccc(S(=O)(=O)CC(C)C(=O)N2CCC(N)C2)cc1. The van der Waals surface area contributed by atoms with Crippen molar-refractivity contribution in [2.75, 3.05) is 26.0 Å². The van der Waals surface area contributed by atoms with Gasteiger partial charge < -0.3 is 15.4 Å². The lowest BCUT2D eigenvalue weighted by Crippen LogP contribution is -2.37. The molecule has 0 radical (unpaired) electrons. The summed E-state index contributed by atoms with van der Waals surface area (Å²) in [5.74, 6) is -0.347. The first-order valence-corrected chi connectivity index (χ1v) is 8.90. The number of nitrogens with zero attached hydrogens (tertiary/aromatic N) is 1. The molecular formula is C15H22N2O4S. The number of sulfone groups is 1. The highest BCUT2D eigenvalue weighted by atomic mass is 32.2. The first kappa shape index (κ1) is 16.8. The van der Waals surface area contributed by atoms with Gasteiger partial charge in [-0.15, -0.1) is 0 Å². The lowest BCUT2D eigenvalue weighted by molar-refractivity contribution is -0.133. The van der Waals surface area contributed by atoms with Crippen LogP contribution in [0.25, 0.3) is 0 Å². The summed E-state index contributed by atoms with van der Waals surface area (Å²) in [6.07, 6.45) is 0.768. The molecule has 22 heavy (non-hydrogen) atoms. The fraction of sp³-hybridized carbons (Fsp3) is 0.533. The normalized spacial score (nSPS) is 20.0. The summed E-state index contributed by atoms with van der Waals surface area (Å²) in [6, 6.07) is 6.18. The quantitative estimate of drug-likeness (QED) is 0.859. The molecule has 1 aromatic rings. The van der Waals surface area contributed by atoms with Gasteiger partial charge in [-0.25, -0.2) is 8.42 Å². The maximum absolute atomic E-state index is 12.4. The van der Waals surface area contributed by atoms with E-state index in [1.807, 2.05) is 0 Å². The van der Waals surface area contributed by atoms with E-state index in [0.29, 0.717) is 18.8 Å². The number of hydrogen-bond donors (Lipinski definition) is 1. The fourth-order valence-electron chi connectivity index (χ4n) is 2.58. The summed E-state index contributed by atoms with van der Waals surface area (Å²) >= 11 is 0. The highest BCUT2D eigenvalue weighted by Gasteiger charge is 2.30. The fourth-order valence-corrected chi connectivity index (χ4v) is 4.12. The monoisotopic (exact) mass is 326 g/mol. The van der Waals surface area contributed by atoms with Crippen LogP contribution in [0, 0.1) is 5.92 Å². The number of methoxy groups -OCH3 is 1. The van der Waals surface area contributed by atoms with E-state index in [0.717, 1.165) is 6.42 Å². The summed E-state index contributed by atoms with van der Waals surface area (Å²) in [5.41, 5.74) is 5.78. The van der Waals surface area contributed by atoms with Crippen molar-refractivity contribution < 1.29 is 17.9 Å². The smallest absolute Gasteiger partial charge is 0.226 e. The third-order valence-corrected chi connectivity index (χ3v) is 5.78. The Morgan fingerprint density at radius 1 is 1.41 bits per heavy atom. The maximum atomic E-state index is 12.4. The molecule has 1 aliphatic rings. The number of amides is 1. The van der Waals surface area contributed by atoms with Crippen LogP contribution in [0.4, 0.5) is 0 Å². The van der Waals surface area contributed by atoms with Crippen LogP contribution in [-0.2, 0) is 14.6 Å². The zero-order valence-electron chi connectivity index (χ0n) is 12.9. The Morgan fingerprint density at radius 3 is 2.55 bits per heavy atom. The second-order valence-corrected chi connectivity index (χ2v) is 7.73. The molecule has 2 atom stereocenters. The minimum Gasteiger partial charge on any atom is -0.497 e. The minimum absolute atomic E-state index is 0.00524. The Bertz CT molecular complexity index is 627. The summed E-state index contributed by atoms with van der Waals surface area (Å²) in [7, 11) is -1.99. The van der Waals surface area contributed by atoms with Gasteiger partial charge in [0.15, 0.2) is 9.84 Å². The second kappa shape index (κ2) is 6.66. The van der Waals surface area contributed by atoms with Gasteiger partial charge in [0.25, 0.3) is 0 Å². The number of rotatable bonds is 5. The van der Waals surface area contributed by atoms with Crippen molar-refractivity contribution in [2.45, 2.75) is 24.3 Å². The Kier molecular flexibility index (Phi) is 5.08. The molecule has 6 nitrogen and oxygen atoms in total. The standard InChI is InChI=1S/C15H22N2O4S/c1-11(15(18)17-8-7-12(16)9-17)10-22(19,20)14-5-3-13(21-2)4-6-14/h3-6,11-12H,7-10,16H2,1-2H3. The van der Waals surface area contributed by atoms with Crippen molar-refractivity contribution in [3.8, 4) is 5.75 Å². The van der Waals surface area contributed by atoms with Gasteiger partial charge in [-0.05, 0) is 30.7 Å². The van der Waals surface area contributed by atoms with Gasteiger partial charge in [0.05, 0.1) is 17.8 Å². The van der Waals surface area contributed by atoms with Crippen molar-refractivity contribution in [1.82, 2.24) is 4.90 Å². The molecule has 2 unspecified atom stereocenters. The van der Waals surface area contributed by atoms with Gasteiger partial charge in [-0.1, -0.05) is 6.92 Å². The minimum atomic E-state index is -3.51. The van der Waals surface area contributed by atoms with Crippen molar-refractivity contribution >= 4 is 15.7 Å². The number of nitrogens with two attached hydrogens (primary N) is 1. The van der Waals surface area contributed by atoms with Crippen LogP contribution in [0.2, 0.25) is 0 Å². The average molecular weight is 326 g/mol. The molecule has 1 heterocycles. The Hall–Kier alpha value is -1.60. The highest BCUT2D eigenvalue weighted by molar-refractivity contribution is 7.91. The van der Waals surface area contributed by atoms with Gasteiger partial charge in [0.2, 0.25) is 5.91 Å². The van der Waals surface area contributed by atoms with Gasteiger partial charge in [-0.2, -0.15) is 0 Å². The highest BCUT2D eigenvalue weighted by Crippen LogP contribution is 2.20. The molecule has 0 bridgehead atoms. The van der Waals surface area contributed by atoms with Gasteiger partial charge in [0, 0.05) is 25.0 Å². The van der Waals surface area contributed by atoms with Crippen LogP contribution >= 0.6 is 0 Å². The van der Waals surface area contributed by atoms with E-state index >= 15 is 0 Å². The molecule has 1 amide bonds. The van der Waals surface area contributed by atoms with Crippen LogP contribution in [0.15, 0.2) is 29.2 Å². The first-order valence-electron chi connectivity index (χ1n) is 7.24. The molecule has 122 valence electrons. The third kappa shape index (κ3) is 3.78. The van der Waals surface area contributed by atoms with E-state index in [2.05, 4.69) is 0 Å². The molecule has 0 aliphatic carbocycles. The van der Waals surface area contributed by atoms with E-state index in [9.17, 15) is 13.2 Å². The second-order valence-electron chi connectivity index (χ2n) is 5.69. The molecule has 0 spiro atoms. The zero-order chi connectivity index (χ0) is 16.3. The van der Waals surface area contributed by atoms with E-state index in [-0.39, 0.29) is 22.6 Å². The average Bonchev–Trinajstić information content (AvgIpc) is 2.92. The molecule has 1 aromatic carbocycles.